The highest BCUT2D eigenvalue weighted by atomic mass is 16.6. The van der Waals surface area contributed by atoms with Gasteiger partial charge in [0.25, 0.3) is 0 Å². The minimum Gasteiger partial charge on any atom is -0.496 e. The summed E-state index contributed by atoms with van der Waals surface area (Å²) < 4.78 is 11.0. The van der Waals surface area contributed by atoms with Crippen LogP contribution in [0.15, 0.2) is 36.4 Å². The van der Waals surface area contributed by atoms with E-state index in [9.17, 15) is 4.79 Å². The van der Waals surface area contributed by atoms with Crippen LogP contribution in [0.5, 0.6) is 5.75 Å². The second-order valence-corrected chi connectivity index (χ2v) is 6.16. The molecule has 0 spiro atoms. The average Bonchev–Trinajstić information content (AvgIpc) is 2.43. The smallest absolute Gasteiger partial charge is 0.313 e. The molecule has 21 heavy (non-hydrogen) atoms. The fourth-order valence-electron chi connectivity index (χ4n) is 2.41. The van der Waals surface area contributed by atoms with Crippen molar-refractivity contribution in [1.82, 2.24) is 0 Å². The van der Waals surface area contributed by atoms with Gasteiger partial charge in [-0.3, -0.25) is 4.79 Å². The fourth-order valence-corrected chi connectivity index (χ4v) is 2.41. The number of carbonyl (C=O) groups excluding carboxylic acids is 1. The molecule has 0 aromatic heterocycles. The summed E-state index contributed by atoms with van der Waals surface area (Å²) in [6, 6.07) is 11.9. The van der Waals surface area contributed by atoms with Crippen LogP contribution in [0, 0.1) is 0 Å². The summed E-state index contributed by atoms with van der Waals surface area (Å²) >= 11 is 0. The van der Waals surface area contributed by atoms with Gasteiger partial charge in [-0.2, -0.15) is 0 Å². The minimum absolute atomic E-state index is 0.239. The lowest BCUT2D eigenvalue weighted by molar-refractivity contribution is -0.156. The lowest BCUT2D eigenvalue weighted by atomic mass is 9.93. The van der Waals surface area contributed by atoms with Crippen LogP contribution in [0.1, 0.15) is 39.2 Å². The van der Waals surface area contributed by atoms with E-state index in [0.717, 1.165) is 16.3 Å². The maximum atomic E-state index is 12.4. The molecule has 2 rings (SSSR count). The summed E-state index contributed by atoms with van der Waals surface area (Å²) in [4.78, 5) is 12.4. The molecule has 0 aliphatic heterocycles. The number of benzene rings is 2. The first-order chi connectivity index (χ1) is 9.83. The molecule has 0 aliphatic carbocycles. The van der Waals surface area contributed by atoms with Crippen LogP contribution in [0.25, 0.3) is 10.8 Å². The molecule has 0 saturated heterocycles. The second-order valence-electron chi connectivity index (χ2n) is 6.16. The lowest BCUT2D eigenvalue weighted by Gasteiger charge is -2.24. The number of hydrogen-bond acceptors (Lipinski definition) is 3. The summed E-state index contributed by atoms with van der Waals surface area (Å²) in [7, 11) is 1.62. The van der Waals surface area contributed by atoms with Crippen molar-refractivity contribution in [2.45, 2.75) is 39.2 Å². The lowest BCUT2D eigenvalue weighted by Crippen LogP contribution is -2.27. The Hall–Kier alpha value is -2.03. The molecule has 0 radical (unpaired) electrons. The molecule has 2 aromatic carbocycles. The zero-order valence-corrected chi connectivity index (χ0v) is 13.3. The quantitative estimate of drug-likeness (QED) is 0.789. The van der Waals surface area contributed by atoms with Gasteiger partial charge in [-0.25, -0.2) is 0 Å². The Balaban J connectivity index is 2.51. The van der Waals surface area contributed by atoms with E-state index in [1.165, 1.54) is 0 Å². The largest absolute Gasteiger partial charge is 0.496 e. The van der Waals surface area contributed by atoms with Gasteiger partial charge in [-0.15, -0.1) is 0 Å². The van der Waals surface area contributed by atoms with Crippen LogP contribution in [-0.4, -0.2) is 18.7 Å². The molecule has 0 heterocycles. The first kappa shape index (κ1) is 15.4. The normalized spacial score (nSPS) is 13.0. The minimum atomic E-state index is -0.497. The Labute approximate surface area is 125 Å². The molecule has 0 aliphatic rings. The molecule has 0 N–H and O–H groups in total. The van der Waals surface area contributed by atoms with Gasteiger partial charge in [0.1, 0.15) is 11.4 Å². The topological polar surface area (TPSA) is 35.5 Å². The van der Waals surface area contributed by atoms with Crippen molar-refractivity contribution in [3.05, 3.63) is 42.0 Å². The molecule has 2 aromatic rings. The number of ether oxygens (including phenoxy) is 2. The third kappa shape index (κ3) is 3.35. The van der Waals surface area contributed by atoms with Crippen molar-refractivity contribution < 1.29 is 14.3 Å². The van der Waals surface area contributed by atoms with Gasteiger partial charge < -0.3 is 9.47 Å². The third-order valence-corrected chi connectivity index (χ3v) is 3.34. The Bertz CT molecular complexity index is 653. The zero-order chi connectivity index (χ0) is 15.6. The van der Waals surface area contributed by atoms with Crippen LogP contribution in [0.4, 0.5) is 0 Å². The fraction of sp³-hybridized carbons (Fsp3) is 0.389. The molecule has 1 atom stereocenters. The molecule has 3 heteroatoms. The van der Waals surface area contributed by atoms with E-state index in [1.807, 2.05) is 64.1 Å². The van der Waals surface area contributed by atoms with Gasteiger partial charge in [0, 0.05) is 5.56 Å². The summed E-state index contributed by atoms with van der Waals surface area (Å²) in [6.45, 7) is 7.48. The van der Waals surface area contributed by atoms with Gasteiger partial charge in [0.2, 0.25) is 0 Å². The highest BCUT2D eigenvalue weighted by Gasteiger charge is 2.26. The molecular formula is C18H22O3. The van der Waals surface area contributed by atoms with Crippen LogP contribution < -0.4 is 4.74 Å². The predicted octanol–water partition coefficient (Wildman–Crippen LogP) is 4.29. The van der Waals surface area contributed by atoms with E-state index >= 15 is 0 Å². The first-order valence-corrected chi connectivity index (χ1v) is 7.12. The second kappa shape index (κ2) is 5.76. The molecule has 0 bridgehead atoms. The van der Waals surface area contributed by atoms with Crippen molar-refractivity contribution >= 4 is 16.7 Å². The third-order valence-electron chi connectivity index (χ3n) is 3.34. The number of carbonyl (C=O) groups is 1. The van der Waals surface area contributed by atoms with E-state index < -0.39 is 5.60 Å². The standard InChI is InChI=1S/C18H22O3/c1-12(17(19)21-18(2,3)4)16-14-9-7-6-8-13(14)10-11-15(16)20-5/h6-12H,1-5H3/t12-/m0/s1. The summed E-state index contributed by atoms with van der Waals surface area (Å²) in [5.41, 5.74) is 0.383. The molecular weight excluding hydrogens is 264 g/mol. The summed E-state index contributed by atoms with van der Waals surface area (Å²) in [5.74, 6) is 0.0921. The van der Waals surface area contributed by atoms with Gasteiger partial charge >= 0.3 is 5.97 Å². The van der Waals surface area contributed by atoms with Crippen LogP contribution in [-0.2, 0) is 9.53 Å². The zero-order valence-electron chi connectivity index (χ0n) is 13.3. The molecule has 0 saturated carbocycles. The predicted molar refractivity (Wildman–Crippen MR) is 84.8 cm³/mol. The Morgan fingerprint density at radius 1 is 1.10 bits per heavy atom. The highest BCUT2D eigenvalue weighted by Crippen LogP contribution is 2.35. The van der Waals surface area contributed by atoms with Crippen LogP contribution in [0.2, 0.25) is 0 Å². The van der Waals surface area contributed by atoms with Crippen LogP contribution >= 0.6 is 0 Å². The Morgan fingerprint density at radius 3 is 2.38 bits per heavy atom. The number of hydrogen-bond donors (Lipinski definition) is 0. The summed E-state index contributed by atoms with van der Waals surface area (Å²) in [6.07, 6.45) is 0. The monoisotopic (exact) mass is 286 g/mol. The van der Waals surface area contributed by atoms with E-state index in [2.05, 4.69) is 0 Å². The molecule has 0 unspecified atom stereocenters. The maximum absolute atomic E-state index is 12.4. The Morgan fingerprint density at radius 2 is 1.76 bits per heavy atom. The van der Waals surface area contributed by atoms with Crippen molar-refractivity contribution in [2.75, 3.05) is 7.11 Å². The highest BCUT2D eigenvalue weighted by molar-refractivity contribution is 5.93. The van der Waals surface area contributed by atoms with E-state index in [0.29, 0.717) is 5.75 Å². The average molecular weight is 286 g/mol. The van der Waals surface area contributed by atoms with Gasteiger partial charge in [0.05, 0.1) is 13.0 Å². The first-order valence-electron chi connectivity index (χ1n) is 7.12. The van der Waals surface area contributed by atoms with Crippen molar-refractivity contribution in [2.24, 2.45) is 0 Å². The van der Waals surface area contributed by atoms with E-state index in [1.54, 1.807) is 7.11 Å². The van der Waals surface area contributed by atoms with E-state index in [4.69, 9.17) is 9.47 Å². The molecule has 0 fully saturated rings. The van der Waals surface area contributed by atoms with Crippen molar-refractivity contribution in [3.63, 3.8) is 0 Å². The SMILES string of the molecule is COc1ccc2ccccc2c1[C@H](C)C(=O)OC(C)(C)C. The van der Waals surface area contributed by atoms with Crippen molar-refractivity contribution in [1.29, 1.82) is 0 Å². The molecule has 0 amide bonds. The summed E-state index contributed by atoms with van der Waals surface area (Å²) in [5, 5.41) is 2.11. The number of fused-ring (bicyclic) bond motifs is 1. The molecule has 112 valence electrons. The maximum Gasteiger partial charge on any atom is 0.313 e. The van der Waals surface area contributed by atoms with Crippen LogP contribution in [0.3, 0.4) is 0 Å². The van der Waals surface area contributed by atoms with Crippen molar-refractivity contribution in [3.8, 4) is 5.75 Å². The number of methoxy groups -OCH3 is 1. The van der Waals surface area contributed by atoms with E-state index in [-0.39, 0.29) is 11.9 Å². The number of esters is 1. The molecule has 3 nitrogen and oxygen atoms in total. The Kier molecular flexibility index (Phi) is 4.21. The van der Waals surface area contributed by atoms with Gasteiger partial charge in [-0.05, 0) is 44.5 Å². The van der Waals surface area contributed by atoms with Gasteiger partial charge in [0.15, 0.2) is 0 Å². The number of rotatable bonds is 3. The van der Waals surface area contributed by atoms with Gasteiger partial charge in [-0.1, -0.05) is 30.3 Å².